The second-order valence-corrected chi connectivity index (χ2v) is 5.37. The van der Waals surface area contributed by atoms with Crippen molar-refractivity contribution in [3.63, 3.8) is 0 Å². The number of aromatic nitrogens is 3. The molecule has 3 rings (SSSR count). The number of benzene rings is 1. The van der Waals surface area contributed by atoms with Crippen molar-refractivity contribution in [3.8, 4) is 5.69 Å². The molecule has 3 aromatic rings. The van der Waals surface area contributed by atoms with Crippen LogP contribution < -0.4 is 5.32 Å². The molecule has 0 radical (unpaired) electrons. The lowest BCUT2D eigenvalue weighted by Crippen LogP contribution is -2.27. The molecule has 23 heavy (non-hydrogen) atoms. The Bertz CT molecular complexity index is 796. The second kappa shape index (κ2) is 6.44. The number of pyridine rings is 1. The van der Waals surface area contributed by atoms with E-state index in [1.165, 1.54) is 0 Å². The number of para-hydroxylation sites is 1. The minimum atomic E-state index is -0.207. The third kappa shape index (κ3) is 3.29. The molecule has 116 valence electrons. The van der Waals surface area contributed by atoms with Crippen molar-refractivity contribution in [1.82, 2.24) is 20.1 Å². The fourth-order valence-corrected chi connectivity index (χ4v) is 2.39. The fourth-order valence-electron chi connectivity index (χ4n) is 2.39. The largest absolute Gasteiger partial charge is 0.343 e. The smallest absolute Gasteiger partial charge is 0.272 e. The van der Waals surface area contributed by atoms with Crippen molar-refractivity contribution in [2.45, 2.75) is 19.9 Å². The van der Waals surface area contributed by atoms with Crippen molar-refractivity contribution < 1.29 is 4.79 Å². The molecule has 1 N–H and O–H groups in total. The van der Waals surface area contributed by atoms with Crippen LogP contribution in [0.4, 0.5) is 0 Å². The first-order valence-corrected chi connectivity index (χ1v) is 7.49. The van der Waals surface area contributed by atoms with Gasteiger partial charge in [0.2, 0.25) is 0 Å². The van der Waals surface area contributed by atoms with Crippen molar-refractivity contribution in [1.29, 1.82) is 0 Å². The lowest BCUT2D eigenvalue weighted by Gasteiger charge is -2.11. The van der Waals surface area contributed by atoms with E-state index in [-0.39, 0.29) is 11.9 Å². The molecule has 2 heterocycles. The Labute approximate surface area is 135 Å². The number of nitrogens with one attached hydrogen (secondary N) is 1. The van der Waals surface area contributed by atoms with Crippen molar-refractivity contribution in [3.05, 3.63) is 77.9 Å². The van der Waals surface area contributed by atoms with Crippen LogP contribution in [-0.4, -0.2) is 20.7 Å². The van der Waals surface area contributed by atoms with E-state index in [1.54, 1.807) is 16.9 Å². The van der Waals surface area contributed by atoms with Crippen LogP contribution in [0.2, 0.25) is 0 Å². The maximum atomic E-state index is 12.4. The van der Waals surface area contributed by atoms with Gasteiger partial charge in [-0.2, -0.15) is 5.10 Å². The Morgan fingerprint density at radius 2 is 1.87 bits per heavy atom. The van der Waals surface area contributed by atoms with Crippen LogP contribution in [0, 0.1) is 6.92 Å². The molecule has 0 bridgehead atoms. The highest BCUT2D eigenvalue weighted by Gasteiger charge is 2.16. The number of aryl methyl sites for hydroxylation is 1. The Morgan fingerprint density at radius 3 is 2.57 bits per heavy atom. The van der Waals surface area contributed by atoms with Gasteiger partial charge in [0.15, 0.2) is 5.69 Å². The Balaban J connectivity index is 1.79. The van der Waals surface area contributed by atoms with Gasteiger partial charge in [-0.05, 0) is 44.2 Å². The number of amides is 1. The zero-order chi connectivity index (χ0) is 16.2. The van der Waals surface area contributed by atoms with Crippen LogP contribution in [0.15, 0.2) is 60.8 Å². The predicted octanol–water partition coefficient (Wildman–Crippen LogP) is 3.07. The summed E-state index contributed by atoms with van der Waals surface area (Å²) in [7, 11) is 0. The van der Waals surface area contributed by atoms with E-state index in [4.69, 9.17) is 0 Å². The molecule has 5 heteroatoms. The molecule has 0 aliphatic carbocycles. The van der Waals surface area contributed by atoms with Gasteiger partial charge in [-0.25, -0.2) is 4.68 Å². The number of rotatable bonds is 4. The normalized spacial score (nSPS) is 11.9. The first kappa shape index (κ1) is 15.0. The highest BCUT2D eigenvalue weighted by atomic mass is 16.2. The molecule has 0 aliphatic rings. The van der Waals surface area contributed by atoms with Gasteiger partial charge < -0.3 is 5.32 Å². The molecule has 5 nitrogen and oxygen atoms in total. The zero-order valence-corrected chi connectivity index (χ0v) is 13.1. The van der Waals surface area contributed by atoms with Crippen LogP contribution in [0.1, 0.15) is 34.8 Å². The molecule has 0 saturated heterocycles. The maximum absolute atomic E-state index is 12.4. The topological polar surface area (TPSA) is 59.8 Å². The third-order valence-corrected chi connectivity index (χ3v) is 3.60. The van der Waals surface area contributed by atoms with Gasteiger partial charge >= 0.3 is 0 Å². The van der Waals surface area contributed by atoms with Crippen LogP contribution >= 0.6 is 0 Å². The summed E-state index contributed by atoms with van der Waals surface area (Å²) < 4.78 is 1.76. The molecule has 0 fully saturated rings. The summed E-state index contributed by atoms with van der Waals surface area (Å²) >= 11 is 0. The van der Waals surface area contributed by atoms with Gasteiger partial charge in [-0.3, -0.25) is 9.78 Å². The minimum Gasteiger partial charge on any atom is -0.343 e. The Morgan fingerprint density at radius 1 is 1.13 bits per heavy atom. The van der Waals surface area contributed by atoms with Gasteiger partial charge in [-0.15, -0.1) is 0 Å². The molecule has 1 atom stereocenters. The molecular weight excluding hydrogens is 288 g/mol. The lowest BCUT2D eigenvalue weighted by atomic mass is 10.2. The van der Waals surface area contributed by atoms with Crippen LogP contribution in [0.25, 0.3) is 5.69 Å². The summed E-state index contributed by atoms with van der Waals surface area (Å²) in [5, 5.41) is 7.34. The molecule has 2 aromatic heterocycles. The van der Waals surface area contributed by atoms with Crippen molar-refractivity contribution in [2.24, 2.45) is 0 Å². The predicted molar refractivity (Wildman–Crippen MR) is 88.4 cm³/mol. The summed E-state index contributed by atoms with van der Waals surface area (Å²) in [6.45, 7) is 3.83. The molecule has 0 unspecified atom stereocenters. The maximum Gasteiger partial charge on any atom is 0.272 e. The van der Waals surface area contributed by atoms with E-state index in [2.05, 4.69) is 15.4 Å². The number of carbonyl (C=O) groups is 1. The number of hydrogen-bond acceptors (Lipinski definition) is 3. The number of nitrogens with zero attached hydrogens (tertiary/aromatic N) is 3. The highest BCUT2D eigenvalue weighted by molar-refractivity contribution is 5.92. The molecule has 1 aromatic carbocycles. The quantitative estimate of drug-likeness (QED) is 0.806. The van der Waals surface area contributed by atoms with E-state index in [1.807, 2.05) is 62.4 Å². The third-order valence-electron chi connectivity index (χ3n) is 3.60. The lowest BCUT2D eigenvalue weighted by molar-refractivity contribution is 0.0933. The molecule has 1 amide bonds. The molecule has 0 saturated carbocycles. The summed E-state index contributed by atoms with van der Waals surface area (Å²) in [4.78, 5) is 16.7. The fraction of sp³-hybridized carbons (Fsp3) is 0.167. The molecule has 0 aliphatic heterocycles. The van der Waals surface area contributed by atoms with E-state index >= 15 is 0 Å². The standard InChI is InChI=1S/C18H18N4O/c1-13-12-17(21-22(13)15-8-4-3-5-9-15)18(23)20-14(2)16-10-6-7-11-19-16/h3-12,14H,1-2H3,(H,20,23)/t14-/m1/s1. The second-order valence-electron chi connectivity index (χ2n) is 5.37. The van der Waals surface area contributed by atoms with Crippen molar-refractivity contribution in [2.75, 3.05) is 0 Å². The van der Waals surface area contributed by atoms with Gasteiger partial charge in [0, 0.05) is 11.9 Å². The first-order valence-electron chi connectivity index (χ1n) is 7.49. The van der Waals surface area contributed by atoms with Crippen LogP contribution in [-0.2, 0) is 0 Å². The van der Waals surface area contributed by atoms with Gasteiger partial charge in [-0.1, -0.05) is 24.3 Å². The van der Waals surface area contributed by atoms with E-state index in [0.29, 0.717) is 5.69 Å². The summed E-state index contributed by atoms with van der Waals surface area (Å²) in [6.07, 6.45) is 1.71. The van der Waals surface area contributed by atoms with E-state index in [9.17, 15) is 4.79 Å². The van der Waals surface area contributed by atoms with Gasteiger partial charge in [0.1, 0.15) is 0 Å². The average molecular weight is 306 g/mol. The summed E-state index contributed by atoms with van der Waals surface area (Å²) in [5.41, 5.74) is 3.06. The van der Waals surface area contributed by atoms with Crippen LogP contribution in [0.3, 0.4) is 0 Å². The SMILES string of the molecule is Cc1cc(C(=O)N[C@H](C)c2ccccn2)nn1-c1ccccc1. The van der Waals surface area contributed by atoms with Crippen LogP contribution in [0.5, 0.6) is 0 Å². The van der Waals surface area contributed by atoms with E-state index < -0.39 is 0 Å². The number of hydrogen-bond donors (Lipinski definition) is 1. The van der Waals surface area contributed by atoms with Gasteiger partial charge in [0.05, 0.1) is 17.4 Å². The minimum absolute atomic E-state index is 0.175. The molecule has 0 spiro atoms. The summed E-state index contributed by atoms with van der Waals surface area (Å²) in [6, 6.07) is 17.0. The Kier molecular flexibility index (Phi) is 4.19. The van der Waals surface area contributed by atoms with E-state index in [0.717, 1.165) is 17.1 Å². The monoisotopic (exact) mass is 306 g/mol. The van der Waals surface area contributed by atoms with Crippen molar-refractivity contribution >= 4 is 5.91 Å². The zero-order valence-electron chi connectivity index (χ0n) is 13.1. The Hall–Kier alpha value is -2.95. The highest BCUT2D eigenvalue weighted by Crippen LogP contribution is 2.13. The first-order chi connectivity index (χ1) is 11.1. The van der Waals surface area contributed by atoms with Gasteiger partial charge in [0.25, 0.3) is 5.91 Å². The molecular formula is C18H18N4O. The average Bonchev–Trinajstić information content (AvgIpc) is 2.98. The number of carbonyl (C=O) groups excluding carboxylic acids is 1. The summed E-state index contributed by atoms with van der Waals surface area (Å²) in [5.74, 6) is -0.207.